The molecule has 8 rings (SSSR count). The lowest BCUT2D eigenvalue weighted by Crippen LogP contribution is -2.62. The fraction of sp³-hybridized carbons (Fsp3) is 0.519. The Balaban J connectivity index is 1.07. The molecule has 0 amide bonds. The normalized spacial score (nSPS) is 30.0. The zero-order chi connectivity index (χ0) is 25.4. The van der Waals surface area contributed by atoms with E-state index in [-0.39, 0.29) is 29.6 Å². The summed E-state index contributed by atoms with van der Waals surface area (Å²) >= 11 is 0. The summed E-state index contributed by atoms with van der Waals surface area (Å²) in [5.41, 5.74) is 0.484. The summed E-state index contributed by atoms with van der Waals surface area (Å²) < 4.78 is 28.7. The molecule has 4 aliphatic heterocycles. The van der Waals surface area contributed by atoms with Gasteiger partial charge in [-0.1, -0.05) is 0 Å². The van der Waals surface area contributed by atoms with E-state index < -0.39 is 17.0 Å². The highest BCUT2D eigenvalue weighted by Gasteiger charge is 2.55. The first-order chi connectivity index (χ1) is 17.8. The molecule has 1 saturated carbocycles. The predicted molar refractivity (Wildman–Crippen MR) is 134 cm³/mol. The molecule has 2 saturated heterocycles. The van der Waals surface area contributed by atoms with Crippen molar-refractivity contribution in [2.24, 2.45) is 0 Å². The van der Waals surface area contributed by atoms with Crippen LogP contribution in [0.1, 0.15) is 43.4 Å². The van der Waals surface area contributed by atoms with E-state index in [1.807, 2.05) is 13.1 Å². The molecule has 2 N–H and O–H groups in total. The van der Waals surface area contributed by atoms with Gasteiger partial charge in [0.05, 0.1) is 53.9 Å². The van der Waals surface area contributed by atoms with Crippen molar-refractivity contribution < 1.29 is 19.0 Å². The molecule has 5 aliphatic rings. The van der Waals surface area contributed by atoms with Gasteiger partial charge in [0.1, 0.15) is 18.0 Å². The number of aliphatic hydroxyl groups is 1. The van der Waals surface area contributed by atoms with E-state index in [0.29, 0.717) is 36.7 Å². The van der Waals surface area contributed by atoms with Crippen LogP contribution in [-0.4, -0.2) is 57.6 Å². The lowest BCUT2D eigenvalue weighted by atomic mass is 9.67. The van der Waals surface area contributed by atoms with Crippen molar-refractivity contribution in [1.82, 2.24) is 19.9 Å². The quantitative estimate of drug-likeness (QED) is 0.542. The smallest absolute Gasteiger partial charge is 0.251 e. The average molecular weight is 508 g/mol. The third-order valence-electron chi connectivity index (χ3n) is 8.85. The van der Waals surface area contributed by atoms with Crippen LogP contribution < -0.4 is 20.5 Å². The zero-order valence-electron chi connectivity index (χ0n) is 20.8. The number of ether oxygens (including phenoxy) is 2. The van der Waals surface area contributed by atoms with E-state index in [2.05, 4.69) is 21.3 Å². The second-order valence-electron chi connectivity index (χ2n) is 11.2. The molecule has 0 spiro atoms. The minimum Gasteiger partial charge on any atom is -0.474 e. The SMILES string of the molecule is CN1CCOc2nc(CNC34CCC(C[C@]5(O)Cn6c(=O)ccc7ncc(F)c5c76)(CC3)OC4)ccc21. The Morgan fingerprint density at radius 2 is 2.03 bits per heavy atom. The van der Waals surface area contributed by atoms with Gasteiger partial charge in [-0.3, -0.25) is 9.78 Å². The fourth-order valence-electron chi connectivity index (χ4n) is 6.72. The monoisotopic (exact) mass is 507 g/mol. The Morgan fingerprint density at radius 3 is 2.81 bits per heavy atom. The van der Waals surface area contributed by atoms with E-state index in [1.54, 1.807) is 6.07 Å². The maximum absolute atomic E-state index is 15.0. The Hall–Kier alpha value is -3.08. The first kappa shape index (κ1) is 23.1. The molecule has 1 atom stereocenters. The highest BCUT2D eigenvalue weighted by Crippen LogP contribution is 2.51. The number of fused-ring (bicyclic) bond motifs is 4. The van der Waals surface area contributed by atoms with Gasteiger partial charge in [-0.05, 0) is 43.9 Å². The summed E-state index contributed by atoms with van der Waals surface area (Å²) in [5.74, 6) is 0.0917. The molecular formula is C27H30FN5O4. The summed E-state index contributed by atoms with van der Waals surface area (Å²) in [5, 5.41) is 15.5. The summed E-state index contributed by atoms with van der Waals surface area (Å²) in [6.07, 6.45) is 4.63. The number of aromatic nitrogens is 3. The van der Waals surface area contributed by atoms with Gasteiger partial charge in [-0.25, -0.2) is 9.37 Å². The zero-order valence-corrected chi connectivity index (χ0v) is 20.8. The largest absolute Gasteiger partial charge is 0.474 e. The third-order valence-corrected chi connectivity index (χ3v) is 8.85. The summed E-state index contributed by atoms with van der Waals surface area (Å²) in [7, 11) is 2.04. The lowest BCUT2D eigenvalue weighted by molar-refractivity contribution is -0.192. The first-order valence-corrected chi connectivity index (χ1v) is 12.9. The van der Waals surface area contributed by atoms with Crippen LogP contribution >= 0.6 is 0 Å². The van der Waals surface area contributed by atoms with Crippen molar-refractivity contribution in [2.45, 2.75) is 61.9 Å². The van der Waals surface area contributed by atoms with E-state index in [1.165, 1.54) is 10.6 Å². The molecule has 3 fully saturated rings. The van der Waals surface area contributed by atoms with Crippen LogP contribution in [-0.2, 0) is 23.4 Å². The molecule has 2 bridgehead atoms. The van der Waals surface area contributed by atoms with Crippen molar-refractivity contribution in [1.29, 1.82) is 0 Å². The van der Waals surface area contributed by atoms with Crippen LogP contribution in [0.15, 0.2) is 35.3 Å². The van der Waals surface area contributed by atoms with Gasteiger partial charge in [-0.2, -0.15) is 0 Å². The first-order valence-electron chi connectivity index (χ1n) is 12.9. The van der Waals surface area contributed by atoms with Crippen LogP contribution in [0, 0.1) is 5.82 Å². The van der Waals surface area contributed by atoms with E-state index >= 15 is 4.39 Å². The van der Waals surface area contributed by atoms with Crippen LogP contribution in [0.2, 0.25) is 0 Å². The number of halogens is 1. The highest BCUT2D eigenvalue weighted by atomic mass is 19.1. The van der Waals surface area contributed by atoms with E-state index in [4.69, 9.17) is 14.5 Å². The number of hydrogen-bond acceptors (Lipinski definition) is 8. The Morgan fingerprint density at radius 1 is 1.19 bits per heavy atom. The van der Waals surface area contributed by atoms with Gasteiger partial charge in [-0.15, -0.1) is 0 Å². The number of nitrogens with one attached hydrogen (secondary N) is 1. The molecule has 37 heavy (non-hydrogen) atoms. The number of rotatable bonds is 5. The van der Waals surface area contributed by atoms with E-state index in [0.717, 1.165) is 49.8 Å². The number of anilines is 1. The molecule has 7 heterocycles. The van der Waals surface area contributed by atoms with Gasteiger partial charge in [0, 0.05) is 37.2 Å². The van der Waals surface area contributed by atoms with Crippen LogP contribution in [0.4, 0.5) is 10.1 Å². The van der Waals surface area contributed by atoms with Gasteiger partial charge >= 0.3 is 0 Å². The molecule has 10 heteroatoms. The molecular weight excluding hydrogens is 477 g/mol. The Kier molecular flexibility index (Phi) is 4.96. The predicted octanol–water partition coefficient (Wildman–Crippen LogP) is 2.22. The van der Waals surface area contributed by atoms with Crippen LogP contribution in [0.3, 0.4) is 0 Å². The summed E-state index contributed by atoms with van der Waals surface area (Å²) in [6, 6.07) is 7.09. The van der Waals surface area contributed by atoms with Gasteiger partial charge in [0.25, 0.3) is 5.56 Å². The molecule has 3 aromatic rings. The van der Waals surface area contributed by atoms with Crippen molar-refractivity contribution in [3.05, 3.63) is 57.9 Å². The van der Waals surface area contributed by atoms with Crippen molar-refractivity contribution in [3.63, 3.8) is 0 Å². The molecule has 0 aromatic carbocycles. The molecule has 1 aliphatic carbocycles. The molecule has 0 radical (unpaired) electrons. The lowest BCUT2D eigenvalue weighted by Gasteiger charge is -2.55. The fourth-order valence-corrected chi connectivity index (χ4v) is 6.72. The molecule has 9 nitrogen and oxygen atoms in total. The Labute approximate surface area is 213 Å². The van der Waals surface area contributed by atoms with Gasteiger partial charge in [0.15, 0.2) is 0 Å². The molecule has 3 aromatic heterocycles. The number of pyridine rings is 3. The Bertz CT molecular complexity index is 1450. The number of nitrogens with zero attached hydrogens (tertiary/aromatic N) is 4. The second-order valence-corrected chi connectivity index (χ2v) is 11.2. The maximum Gasteiger partial charge on any atom is 0.251 e. The molecule has 0 unspecified atom stereocenters. The van der Waals surface area contributed by atoms with Crippen molar-refractivity contribution in [3.8, 4) is 5.88 Å². The molecule has 194 valence electrons. The summed E-state index contributed by atoms with van der Waals surface area (Å²) in [6.45, 7) is 2.61. The summed E-state index contributed by atoms with van der Waals surface area (Å²) in [4.78, 5) is 23.5. The minimum absolute atomic E-state index is 0.0108. The minimum atomic E-state index is -1.52. The van der Waals surface area contributed by atoms with Crippen molar-refractivity contribution in [2.75, 3.05) is 31.7 Å². The third kappa shape index (κ3) is 3.57. The maximum atomic E-state index is 15.0. The number of hydrogen-bond donors (Lipinski definition) is 2. The van der Waals surface area contributed by atoms with Crippen molar-refractivity contribution >= 4 is 16.7 Å². The van der Waals surface area contributed by atoms with E-state index in [9.17, 15) is 9.90 Å². The van der Waals surface area contributed by atoms with Gasteiger partial charge in [0.2, 0.25) is 5.88 Å². The van der Waals surface area contributed by atoms with Gasteiger partial charge < -0.3 is 29.4 Å². The number of likely N-dealkylation sites (N-methyl/N-ethyl adjacent to an activating group) is 1. The van der Waals surface area contributed by atoms with Crippen LogP contribution in [0.5, 0.6) is 5.88 Å². The topological polar surface area (TPSA) is 102 Å². The highest BCUT2D eigenvalue weighted by molar-refractivity contribution is 5.81. The second kappa shape index (κ2) is 7.96. The van der Waals surface area contributed by atoms with Crippen LogP contribution in [0.25, 0.3) is 11.0 Å². The standard InChI is InChI=1S/C27H30FN5O4/c1-32-10-11-36-24-20(32)4-2-17(31-24)12-30-25-6-8-26(9-7-25,37-16-25)14-27(35)15-33-21(34)5-3-19-23(33)22(27)18(28)13-29-19/h2-5,13,30,35H,6-12,14-16H2,1H3/t25?,26?,27-/m0/s1. The average Bonchev–Trinajstić information content (AvgIpc) is 3.22.